The fourth-order valence-corrected chi connectivity index (χ4v) is 5.54. The second kappa shape index (κ2) is 7.81. The van der Waals surface area contributed by atoms with Crippen molar-refractivity contribution >= 4 is 32.3 Å². The summed E-state index contributed by atoms with van der Waals surface area (Å²) >= 11 is 0. The molecule has 0 N–H and O–H groups in total. The summed E-state index contributed by atoms with van der Waals surface area (Å²) in [5.41, 5.74) is 10.5. The van der Waals surface area contributed by atoms with Crippen molar-refractivity contribution in [1.82, 2.24) is 4.98 Å². The summed E-state index contributed by atoms with van der Waals surface area (Å²) in [4.78, 5) is 4.59. The van der Waals surface area contributed by atoms with E-state index in [-0.39, 0.29) is 0 Å². The van der Waals surface area contributed by atoms with Crippen molar-refractivity contribution in [3.8, 4) is 22.3 Å². The van der Waals surface area contributed by atoms with E-state index >= 15 is 0 Å². The summed E-state index contributed by atoms with van der Waals surface area (Å²) in [5, 5.41) is 7.54. The molecule has 0 atom stereocenters. The van der Waals surface area contributed by atoms with Crippen LogP contribution < -0.4 is 0 Å². The van der Waals surface area contributed by atoms with Gasteiger partial charge in [0.05, 0.1) is 0 Å². The van der Waals surface area contributed by atoms with Crippen LogP contribution >= 0.6 is 0 Å². The minimum absolute atomic E-state index is 1.21. The zero-order valence-corrected chi connectivity index (χ0v) is 20.1. The van der Waals surface area contributed by atoms with E-state index in [1.165, 1.54) is 76.8 Å². The van der Waals surface area contributed by atoms with Crippen LogP contribution in [0, 0.1) is 27.7 Å². The molecule has 6 rings (SSSR count). The number of aromatic nitrogens is 1. The SMILES string of the molecule is Cc1cc(C)c(C)c(-c2c3ccccc3c(-c3ccc4ccccc4c3)c3ccncc23)c1C. The monoisotopic (exact) mass is 437 g/mol. The van der Waals surface area contributed by atoms with Crippen LogP contribution in [-0.4, -0.2) is 4.98 Å². The van der Waals surface area contributed by atoms with Gasteiger partial charge in [-0.25, -0.2) is 0 Å². The topological polar surface area (TPSA) is 12.9 Å². The molecule has 0 amide bonds. The molecule has 34 heavy (non-hydrogen) atoms. The highest BCUT2D eigenvalue weighted by atomic mass is 14.6. The van der Waals surface area contributed by atoms with Crippen LogP contribution in [0.5, 0.6) is 0 Å². The van der Waals surface area contributed by atoms with Gasteiger partial charge in [0.2, 0.25) is 0 Å². The zero-order chi connectivity index (χ0) is 23.4. The van der Waals surface area contributed by atoms with Gasteiger partial charge < -0.3 is 0 Å². The van der Waals surface area contributed by atoms with Crippen molar-refractivity contribution < 1.29 is 0 Å². The number of rotatable bonds is 2. The smallest absolute Gasteiger partial charge is 0.0353 e. The predicted molar refractivity (Wildman–Crippen MR) is 147 cm³/mol. The van der Waals surface area contributed by atoms with Crippen LogP contribution in [0.4, 0.5) is 0 Å². The lowest BCUT2D eigenvalue weighted by Crippen LogP contribution is -1.98. The van der Waals surface area contributed by atoms with E-state index in [4.69, 9.17) is 0 Å². The minimum atomic E-state index is 1.21. The Kier molecular flexibility index (Phi) is 4.74. The Morgan fingerprint density at radius 2 is 1.12 bits per heavy atom. The number of hydrogen-bond acceptors (Lipinski definition) is 1. The number of benzene rings is 5. The first-order valence-electron chi connectivity index (χ1n) is 11.9. The number of aryl methyl sites for hydroxylation is 2. The van der Waals surface area contributed by atoms with Gasteiger partial charge in [-0.05, 0) is 111 Å². The Morgan fingerprint density at radius 3 is 1.85 bits per heavy atom. The molecule has 6 aromatic rings. The van der Waals surface area contributed by atoms with E-state index < -0.39 is 0 Å². The molecule has 1 heteroatoms. The normalized spacial score (nSPS) is 11.5. The Hall–Kier alpha value is -3.97. The van der Waals surface area contributed by atoms with Gasteiger partial charge >= 0.3 is 0 Å². The van der Waals surface area contributed by atoms with Crippen LogP contribution in [-0.2, 0) is 0 Å². The average Bonchev–Trinajstić information content (AvgIpc) is 2.87. The fourth-order valence-electron chi connectivity index (χ4n) is 5.54. The van der Waals surface area contributed by atoms with Gasteiger partial charge in [0.25, 0.3) is 0 Å². The molecule has 0 spiro atoms. The number of pyridine rings is 1. The highest BCUT2D eigenvalue weighted by molar-refractivity contribution is 6.22. The van der Waals surface area contributed by atoms with Gasteiger partial charge in [-0.3, -0.25) is 4.98 Å². The molecule has 0 saturated heterocycles. The van der Waals surface area contributed by atoms with Crippen molar-refractivity contribution in [3.05, 3.63) is 114 Å². The van der Waals surface area contributed by atoms with E-state index in [0.717, 1.165) is 0 Å². The summed E-state index contributed by atoms with van der Waals surface area (Å²) in [5.74, 6) is 0. The third kappa shape index (κ3) is 3.04. The molecule has 1 heterocycles. The highest BCUT2D eigenvalue weighted by Gasteiger charge is 2.20. The van der Waals surface area contributed by atoms with Crippen molar-refractivity contribution in [3.63, 3.8) is 0 Å². The van der Waals surface area contributed by atoms with Gasteiger partial charge in [-0.15, -0.1) is 0 Å². The first-order chi connectivity index (χ1) is 16.5. The summed E-state index contributed by atoms with van der Waals surface area (Å²) in [6.07, 6.45) is 3.98. The molecule has 0 saturated carbocycles. The number of hydrogen-bond donors (Lipinski definition) is 0. The van der Waals surface area contributed by atoms with Crippen molar-refractivity contribution in [2.75, 3.05) is 0 Å². The number of fused-ring (bicyclic) bond motifs is 3. The lowest BCUT2D eigenvalue weighted by molar-refractivity contribution is 1.25. The Labute approximate surface area is 200 Å². The average molecular weight is 438 g/mol. The van der Waals surface area contributed by atoms with Gasteiger partial charge in [-0.1, -0.05) is 66.7 Å². The molecular weight excluding hydrogens is 410 g/mol. The second-order valence-corrected chi connectivity index (χ2v) is 9.41. The fraction of sp³-hybridized carbons (Fsp3) is 0.121. The van der Waals surface area contributed by atoms with Crippen LogP contribution in [0.15, 0.2) is 91.3 Å². The number of nitrogens with zero attached hydrogens (tertiary/aromatic N) is 1. The van der Waals surface area contributed by atoms with E-state index in [1.807, 2.05) is 6.20 Å². The third-order valence-corrected chi connectivity index (χ3v) is 7.48. The van der Waals surface area contributed by atoms with Crippen molar-refractivity contribution in [2.24, 2.45) is 0 Å². The molecule has 5 aromatic carbocycles. The molecule has 164 valence electrons. The van der Waals surface area contributed by atoms with Gasteiger partial charge in [-0.2, -0.15) is 0 Å². The lowest BCUT2D eigenvalue weighted by Gasteiger charge is -2.22. The Balaban J connectivity index is 1.81. The van der Waals surface area contributed by atoms with Gasteiger partial charge in [0.1, 0.15) is 0 Å². The Morgan fingerprint density at radius 1 is 0.500 bits per heavy atom. The predicted octanol–water partition coefficient (Wildman–Crippen LogP) is 9.11. The molecule has 0 unspecified atom stereocenters. The van der Waals surface area contributed by atoms with Crippen molar-refractivity contribution in [1.29, 1.82) is 0 Å². The molecule has 1 nitrogen and oxygen atoms in total. The molecule has 0 aliphatic rings. The summed E-state index contributed by atoms with van der Waals surface area (Å²) in [6, 6.07) is 28.8. The molecule has 0 aliphatic carbocycles. The maximum atomic E-state index is 4.59. The lowest BCUT2D eigenvalue weighted by atomic mass is 9.82. The van der Waals surface area contributed by atoms with E-state index in [1.54, 1.807) is 0 Å². The molecular formula is C33H27N. The van der Waals surface area contributed by atoms with Crippen molar-refractivity contribution in [2.45, 2.75) is 27.7 Å². The van der Waals surface area contributed by atoms with Gasteiger partial charge in [0.15, 0.2) is 0 Å². The molecule has 0 fully saturated rings. The third-order valence-electron chi connectivity index (χ3n) is 7.48. The maximum absolute atomic E-state index is 4.59. The highest BCUT2D eigenvalue weighted by Crippen LogP contribution is 2.46. The summed E-state index contributed by atoms with van der Waals surface area (Å²) in [7, 11) is 0. The zero-order valence-electron chi connectivity index (χ0n) is 20.1. The first-order valence-corrected chi connectivity index (χ1v) is 11.9. The maximum Gasteiger partial charge on any atom is 0.0353 e. The molecule has 0 radical (unpaired) electrons. The Bertz CT molecular complexity index is 1660. The van der Waals surface area contributed by atoms with E-state index in [2.05, 4.69) is 118 Å². The van der Waals surface area contributed by atoms with Gasteiger partial charge in [0, 0.05) is 17.8 Å². The summed E-state index contributed by atoms with van der Waals surface area (Å²) in [6.45, 7) is 8.95. The van der Waals surface area contributed by atoms with E-state index in [0.29, 0.717) is 0 Å². The standard InChI is InChI=1S/C33H27N/c1-20-17-21(2)23(4)31(22(20)3)33-28-12-8-7-11-27(28)32(29-15-16-34-19-30(29)33)26-14-13-24-9-5-6-10-25(24)18-26/h5-19H,1-4H3. The van der Waals surface area contributed by atoms with Crippen LogP contribution in [0.25, 0.3) is 54.6 Å². The van der Waals surface area contributed by atoms with E-state index in [9.17, 15) is 0 Å². The minimum Gasteiger partial charge on any atom is -0.264 e. The quantitative estimate of drug-likeness (QED) is 0.246. The molecule has 0 aliphatic heterocycles. The molecule has 1 aromatic heterocycles. The largest absolute Gasteiger partial charge is 0.264 e. The second-order valence-electron chi connectivity index (χ2n) is 9.41. The van der Waals surface area contributed by atoms with Crippen LogP contribution in [0.2, 0.25) is 0 Å². The van der Waals surface area contributed by atoms with Crippen LogP contribution in [0.3, 0.4) is 0 Å². The first kappa shape index (κ1) is 20.6. The van der Waals surface area contributed by atoms with Crippen LogP contribution in [0.1, 0.15) is 22.3 Å². The summed E-state index contributed by atoms with van der Waals surface area (Å²) < 4.78 is 0. The molecule has 0 bridgehead atoms.